The van der Waals surface area contributed by atoms with Gasteiger partial charge in [0, 0.05) is 51.0 Å². The van der Waals surface area contributed by atoms with Crippen molar-refractivity contribution in [1.29, 1.82) is 0 Å². The van der Waals surface area contributed by atoms with Crippen LogP contribution in [0.2, 0.25) is 0 Å². The van der Waals surface area contributed by atoms with Crippen molar-refractivity contribution < 1.29 is 9.53 Å². The second-order valence-corrected chi connectivity index (χ2v) is 9.08. The van der Waals surface area contributed by atoms with Crippen LogP contribution < -0.4 is 21.1 Å². The average molecular weight is 484 g/mol. The molecule has 2 aromatic rings. The van der Waals surface area contributed by atoms with Crippen LogP contribution in [0.15, 0.2) is 47.7 Å². The van der Waals surface area contributed by atoms with Crippen molar-refractivity contribution in [2.75, 3.05) is 57.5 Å². The topological polar surface area (TPSA) is 108 Å². The number of methoxy groups -OCH3 is 1. The van der Waals surface area contributed by atoms with E-state index in [0.717, 1.165) is 54.7 Å². The van der Waals surface area contributed by atoms with E-state index in [1.165, 1.54) is 11.3 Å². The number of nitrogens with two attached hydrogens (primary N) is 1. The van der Waals surface area contributed by atoms with E-state index in [9.17, 15) is 4.79 Å². The van der Waals surface area contributed by atoms with Gasteiger partial charge in [-0.15, -0.1) is 0 Å². The molecule has 4 N–H and O–H groups in total. The number of hydrogen-bond donors (Lipinski definition) is 3. The molecule has 1 fully saturated rings. The van der Waals surface area contributed by atoms with E-state index in [4.69, 9.17) is 10.5 Å². The number of carbonyl (C=O) groups is 1. The highest BCUT2D eigenvalue weighted by Crippen LogP contribution is 2.26. The zero-order valence-electron chi connectivity index (χ0n) is 20.0. The van der Waals surface area contributed by atoms with Gasteiger partial charge in [0.15, 0.2) is 5.13 Å². The first-order valence-corrected chi connectivity index (χ1v) is 11.9. The maximum Gasteiger partial charge on any atom is 0.227 e. The van der Waals surface area contributed by atoms with Crippen LogP contribution in [-0.2, 0) is 4.79 Å². The van der Waals surface area contributed by atoms with E-state index in [1.54, 1.807) is 19.4 Å². The van der Waals surface area contributed by atoms with Crippen LogP contribution in [0.25, 0.3) is 5.70 Å². The lowest BCUT2D eigenvalue weighted by atomic mass is 10.3. The van der Waals surface area contributed by atoms with Gasteiger partial charge in [0.2, 0.25) is 5.91 Å². The van der Waals surface area contributed by atoms with Gasteiger partial charge >= 0.3 is 0 Å². The van der Waals surface area contributed by atoms with Crippen LogP contribution in [0.4, 0.5) is 10.8 Å². The zero-order chi connectivity index (χ0) is 24.5. The zero-order valence-corrected chi connectivity index (χ0v) is 20.8. The minimum Gasteiger partial charge on any atom is -0.497 e. The highest BCUT2D eigenvalue weighted by Gasteiger charge is 2.16. The molecule has 0 atom stereocenters. The number of aliphatic imine (C=N–C) groups is 1. The van der Waals surface area contributed by atoms with Crippen LogP contribution >= 0.6 is 11.3 Å². The van der Waals surface area contributed by atoms with Crippen molar-refractivity contribution in [2.24, 2.45) is 10.7 Å². The number of carbonyl (C=O) groups excluding carboxylic acids is 1. The number of piperazine rings is 1. The molecule has 1 amide bonds. The Labute approximate surface area is 205 Å². The molecule has 1 aromatic heterocycles. The average Bonchev–Trinajstić information content (AvgIpc) is 3.19. The molecule has 1 aromatic carbocycles. The van der Waals surface area contributed by atoms with Gasteiger partial charge in [0.1, 0.15) is 11.6 Å². The number of rotatable bonds is 10. The lowest BCUT2D eigenvalue weighted by molar-refractivity contribution is -0.116. The van der Waals surface area contributed by atoms with Crippen LogP contribution in [0, 0.1) is 6.92 Å². The molecule has 2 heterocycles. The summed E-state index contributed by atoms with van der Waals surface area (Å²) in [5.41, 5.74) is 8.37. The fourth-order valence-electron chi connectivity index (χ4n) is 3.39. The van der Waals surface area contributed by atoms with Crippen LogP contribution in [0.5, 0.6) is 5.75 Å². The number of aromatic nitrogens is 1. The predicted octanol–water partition coefficient (Wildman–Crippen LogP) is 2.99. The highest BCUT2D eigenvalue weighted by atomic mass is 32.1. The van der Waals surface area contributed by atoms with Gasteiger partial charge in [-0.3, -0.25) is 4.79 Å². The minimum absolute atomic E-state index is 0.0377. The number of nitrogens with one attached hydrogen (secondary N) is 2. The molecule has 0 spiro atoms. The van der Waals surface area contributed by atoms with E-state index in [1.807, 2.05) is 31.2 Å². The molecule has 0 radical (unpaired) electrons. The summed E-state index contributed by atoms with van der Waals surface area (Å²) in [6, 6.07) is 7.47. The summed E-state index contributed by atoms with van der Waals surface area (Å²) in [4.78, 5) is 26.5. The summed E-state index contributed by atoms with van der Waals surface area (Å²) in [6.07, 6.45) is 3.72. The Hall–Kier alpha value is -3.21. The Morgan fingerprint density at radius 1 is 1.26 bits per heavy atom. The van der Waals surface area contributed by atoms with Crippen molar-refractivity contribution in [3.05, 3.63) is 53.3 Å². The highest BCUT2D eigenvalue weighted by molar-refractivity contribution is 7.16. The van der Waals surface area contributed by atoms with E-state index in [2.05, 4.69) is 44.0 Å². The second-order valence-electron chi connectivity index (χ2n) is 8.08. The maximum absolute atomic E-state index is 12.4. The van der Waals surface area contributed by atoms with Crippen molar-refractivity contribution in [3.8, 4) is 5.75 Å². The molecule has 0 aliphatic carbocycles. The third-order valence-electron chi connectivity index (χ3n) is 5.42. The Kier molecular flexibility index (Phi) is 9.20. The molecule has 1 aliphatic rings. The Morgan fingerprint density at radius 3 is 2.65 bits per heavy atom. The van der Waals surface area contributed by atoms with E-state index in [-0.39, 0.29) is 5.91 Å². The quantitative estimate of drug-likeness (QED) is 0.446. The van der Waals surface area contributed by atoms with E-state index >= 15 is 0 Å². The van der Waals surface area contributed by atoms with Crippen molar-refractivity contribution in [2.45, 2.75) is 13.3 Å². The summed E-state index contributed by atoms with van der Waals surface area (Å²) in [5.74, 6) is 1.22. The largest absolute Gasteiger partial charge is 0.497 e. The number of hydrogen-bond acceptors (Lipinski definition) is 9. The van der Waals surface area contributed by atoms with Gasteiger partial charge in [-0.2, -0.15) is 0 Å². The summed E-state index contributed by atoms with van der Waals surface area (Å²) in [7, 11) is 3.74. The van der Waals surface area contributed by atoms with E-state index < -0.39 is 0 Å². The number of benzene rings is 1. The lowest BCUT2D eigenvalue weighted by Crippen LogP contribution is -2.45. The first-order chi connectivity index (χ1) is 16.3. The van der Waals surface area contributed by atoms with Crippen molar-refractivity contribution in [3.63, 3.8) is 0 Å². The fourth-order valence-corrected chi connectivity index (χ4v) is 4.31. The smallest absolute Gasteiger partial charge is 0.227 e. The SMILES string of the molecule is C=C(/N=C\C=C(/N)c1sc(NC(=O)CCN2CCN(C)CC2)nc1C)Nc1ccc(OC)cc1. The summed E-state index contributed by atoms with van der Waals surface area (Å²) in [5, 5.41) is 6.55. The molecule has 182 valence electrons. The Balaban J connectivity index is 1.49. The molecule has 0 saturated carbocycles. The third kappa shape index (κ3) is 7.68. The number of allylic oxidation sites excluding steroid dienone is 1. The van der Waals surface area contributed by atoms with Crippen molar-refractivity contribution in [1.82, 2.24) is 14.8 Å². The van der Waals surface area contributed by atoms with Gasteiger partial charge in [-0.1, -0.05) is 17.9 Å². The van der Waals surface area contributed by atoms with Crippen LogP contribution in [0.3, 0.4) is 0 Å². The van der Waals surface area contributed by atoms with Crippen LogP contribution in [0.1, 0.15) is 17.0 Å². The first-order valence-electron chi connectivity index (χ1n) is 11.1. The number of aryl methyl sites for hydroxylation is 1. The molecular formula is C24H33N7O2S. The fraction of sp³-hybridized carbons (Fsp3) is 0.375. The van der Waals surface area contributed by atoms with Gasteiger partial charge in [-0.05, 0) is 44.3 Å². The number of amides is 1. The Bertz CT molecular complexity index is 1040. The third-order valence-corrected chi connectivity index (χ3v) is 6.54. The van der Waals surface area contributed by atoms with Gasteiger partial charge in [0.05, 0.1) is 23.4 Å². The van der Waals surface area contributed by atoms with Crippen LogP contribution in [-0.4, -0.2) is 73.8 Å². The normalized spacial score (nSPS) is 15.4. The molecule has 10 heteroatoms. The summed E-state index contributed by atoms with van der Waals surface area (Å²) >= 11 is 1.35. The molecule has 1 aliphatic heterocycles. The number of ether oxygens (including phenoxy) is 1. The second kappa shape index (κ2) is 12.3. The molecule has 0 unspecified atom stereocenters. The predicted molar refractivity (Wildman–Crippen MR) is 140 cm³/mol. The van der Waals surface area contributed by atoms with E-state index in [0.29, 0.717) is 23.1 Å². The van der Waals surface area contributed by atoms with Gasteiger partial charge in [-0.25, -0.2) is 9.98 Å². The number of likely N-dealkylation sites (N-methyl/N-ethyl adjacent to an activating group) is 1. The minimum atomic E-state index is -0.0377. The molecule has 9 nitrogen and oxygen atoms in total. The van der Waals surface area contributed by atoms with Gasteiger partial charge < -0.3 is 30.9 Å². The molecular weight excluding hydrogens is 450 g/mol. The molecule has 0 bridgehead atoms. The summed E-state index contributed by atoms with van der Waals surface area (Å²) < 4.78 is 5.15. The lowest BCUT2D eigenvalue weighted by Gasteiger charge is -2.32. The molecule has 3 rings (SSSR count). The molecule has 1 saturated heterocycles. The summed E-state index contributed by atoms with van der Waals surface area (Å²) in [6.45, 7) is 10.6. The number of thiazole rings is 1. The molecule has 34 heavy (non-hydrogen) atoms. The monoisotopic (exact) mass is 483 g/mol. The Morgan fingerprint density at radius 2 is 1.97 bits per heavy atom. The first kappa shape index (κ1) is 25.4. The maximum atomic E-state index is 12.4. The number of anilines is 2. The van der Waals surface area contributed by atoms with Gasteiger partial charge in [0.25, 0.3) is 0 Å². The van der Waals surface area contributed by atoms with Crippen molar-refractivity contribution >= 4 is 40.0 Å². The number of nitrogens with zero attached hydrogens (tertiary/aromatic N) is 4. The standard InChI is InChI=1S/C24H33N7O2S/c1-17-23(21(25)9-11-26-18(2)28-19-5-7-20(33-4)8-6-19)34-24(27-17)29-22(32)10-12-31-15-13-30(3)14-16-31/h5-9,11,28H,2,10,12-16,25H2,1,3-4H3,(H,27,29,32)/b21-9-,26-11-.